The monoisotopic (exact) mass is 242 g/mol. The van der Waals surface area contributed by atoms with E-state index >= 15 is 0 Å². The van der Waals surface area contributed by atoms with Crippen molar-refractivity contribution in [1.29, 1.82) is 0 Å². The first kappa shape index (κ1) is 11.9. The Morgan fingerprint density at radius 1 is 1.59 bits per heavy atom. The molecule has 0 aromatic carbocycles. The lowest BCUT2D eigenvalue weighted by Crippen LogP contribution is -2.34. The van der Waals surface area contributed by atoms with Crippen LogP contribution in [0.1, 0.15) is 32.6 Å². The van der Waals surface area contributed by atoms with Crippen LogP contribution in [0.25, 0.3) is 0 Å². The number of carboxylic acids is 1. The third-order valence-electron chi connectivity index (χ3n) is 3.38. The van der Waals surface area contributed by atoms with Crippen molar-refractivity contribution in [3.63, 3.8) is 0 Å². The lowest BCUT2D eigenvalue weighted by Gasteiger charge is -2.25. The van der Waals surface area contributed by atoms with Crippen LogP contribution in [0.4, 0.5) is 0 Å². The third kappa shape index (κ3) is 2.25. The summed E-state index contributed by atoms with van der Waals surface area (Å²) >= 11 is 0. The van der Waals surface area contributed by atoms with Gasteiger partial charge in [-0.05, 0) is 6.42 Å². The number of rotatable bonds is 3. The molecule has 17 heavy (non-hydrogen) atoms. The molecular weight excluding hydrogens is 228 g/mol. The number of carbonyl (C=O) groups excluding carboxylic acids is 2. The zero-order valence-corrected chi connectivity index (χ0v) is 9.47. The molecule has 1 aliphatic heterocycles. The molecule has 0 amide bonds. The summed E-state index contributed by atoms with van der Waals surface area (Å²) < 4.78 is 10.3. The minimum atomic E-state index is -1.01. The van der Waals surface area contributed by atoms with Gasteiger partial charge in [0, 0.05) is 19.3 Å². The van der Waals surface area contributed by atoms with E-state index in [9.17, 15) is 14.4 Å². The fourth-order valence-electron chi connectivity index (χ4n) is 2.86. The molecule has 0 spiro atoms. The van der Waals surface area contributed by atoms with Crippen LogP contribution < -0.4 is 0 Å². The van der Waals surface area contributed by atoms with Gasteiger partial charge in [-0.1, -0.05) is 0 Å². The first-order valence-electron chi connectivity index (χ1n) is 5.52. The number of ether oxygens (including phenoxy) is 2. The highest BCUT2D eigenvalue weighted by atomic mass is 16.6. The van der Waals surface area contributed by atoms with E-state index in [-0.39, 0.29) is 37.3 Å². The van der Waals surface area contributed by atoms with Gasteiger partial charge in [0.1, 0.15) is 11.7 Å². The molecular formula is C11H14O6. The number of hydrogen-bond acceptors (Lipinski definition) is 5. The lowest BCUT2D eigenvalue weighted by atomic mass is 9.88. The van der Waals surface area contributed by atoms with Crippen molar-refractivity contribution >= 4 is 17.9 Å². The quantitative estimate of drug-likeness (QED) is 0.724. The van der Waals surface area contributed by atoms with Gasteiger partial charge in [-0.2, -0.15) is 0 Å². The van der Waals surface area contributed by atoms with Gasteiger partial charge < -0.3 is 14.6 Å². The van der Waals surface area contributed by atoms with E-state index in [1.165, 1.54) is 6.92 Å². The van der Waals surface area contributed by atoms with Crippen LogP contribution in [0.2, 0.25) is 0 Å². The Hall–Kier alpha value is -1.59. The van der Waals surface area contributed by atoms with Crippen LogP contribution in [0.3, 0.4) is 0 Å². The summed E-state index contributed by atoms with van der Waals surface area (Å²) in [5, 5.41) is 8.87. The lowest BCUT2D eigenvalue weighted by molar-refractivity contribution is -0.157. The van der Waals surface area contributed by atoms with Crippen LogP contribution in [-0.4, -0.2) is 34.7 Å². The molecule has 0 radical (unpaired) electrons. The Labute approximate surface area is 97.9 Å². The van der Waals surface area contributed by atoms with Crippen molar-refractivity contribution in [2.45, 2.75) is 44.3 Å². The summed E-state index contributed by atoms with van der Waals surface area (Å²) in [5.74, 6) is -1.92. The first-order chi connectivity index (χ1) is 7.91. The van der Waals surface area contributed by atoms with E-state index in [4.69, 9.17) is 14.6 Å². The molecule has 1 saturated heterocycles. The summed E-state index contributed by atoms with van der Waals surface area (Å²) in [6, 6.07) is 0. The first-order valence-corrected chi connectivity index (χ1v) is 5.52. The Morgan fingerprint density at radius 2 is 2.29 bits per heavy atom. The van der Waals surface area contributed by atoms with E-state index in [2.05, 4.69) is 0 Å². The van der Waals surface area contributed by atoms with Gasteiger partial charge >= 0.3 is 17.9 Å². The second-order valence-corrected chi connectivity index (χ2v) is 4.68. The summed E-state index contributed by atoms with van der Waals surface area (Å²) in [5.41, 5.74) is -0.969. The third-order valence-corrected chi connectivity index (χ3v) is 3.38. The van der Waals surface area contributed by atoms with Gasteiger partial charge in [-0.15, -0.1) is 0 Å². The summed E-state index contributed by atoms with van der Waals surface area (Å²) in [4.78, 5) is 32.9. The normalized spacial score (nSPS) is 35.2. The van der Waals surface area contributed by atoms with Crippen LogP contribution in [0.5, 0.6) is 0 Å². The average Bonchev–Trinajstić information content (AvgIpc) is 2.52. The second kappa shape index (κ2) is 4.01. The summed E-state index contributed by atoms with van der Waals surface area (Å²) in [6.45, 7) is 1.31. The standard InChI is InChI=1S/C11H14O6/c1-6(12)16-8-2-7-3-10(15)17-11(7,4-8)5-9(13)14/h7-8H,2-5H2,1H3,(H,13,14)/t7-,8-,11+/m1/s1. The Morgan fingerprint density at radius 3 is 2.88 bits per heavy atom. The molecule has 3 atom stereocenters. The number of fused-ring (bicyclic) bond motifs is 1. The Bertz CT molecular complexity index is 376. The molecule has 1 N–H and O–H groups in total. The molecule has 6 nitrogen and oxygen atoms in total. The molecule has 0 bridgehead atoms. The number of carbonyl (C=O) groups is 3. The van der Waals surface area contributed by atoms with E-state index < -0.39 is 17.5 Å². The largest absolute Gasteiger partial charge is 0.481 e. The minimum absolute atomic E-state index is 0.157. The topological polar surface area (TPSA) is 89.9 Å². The zero-order chi connectivity index (χ0) is 12.6. The predicted octanol–water partition coefficient (Wildman–Crippen LogP) is 0.488. The Balaban J connectivity index is 2.12. The predicted molar refractivity (Wildman–Crippen MR) is 54.0 cm³/mol. The number of carboxylic acid groups (broad SMARTS) is 1. The van der Waals surface area contributed by atoms with Crippen molar-refractivity contribution in [2.75, 3.05) is 0 Å². The summed E-state index contributed by atoms with van der Waals surface area (Å²) in [6.07, 6.45) is 0.435. The van der Waals surface area contributed by atoms with E-state index in [0.717, 1.165) is 0 Å². The minimum Gasteiger partial charge on any atom is -0.481 e. The van der Waals surface area contributed by atoms with Gasteiger partial charge in [0.15, 0.2) is 0 Å². The van der Waals surface area contributed by atoms with Gasteiger partial charge in [-0.25, -0.2) is 0 Å². The molecule has 0 unspecified atom stereocenters. The maximum absolute atomic E-state index is 11.2. The highest BCUT2D eigenvalue weighted by molar-refractivity contribution is 5.76. The molecule has 1 saturated carbocycles. The Kier molecular flexibility index (Phi) is 2.81. The molecule has 2 rings (SSSR count). The average molecular weight is 242 g/mol. The molecule has 1 heterocycles. The molecule has 0 aromatic rings. The van der Waals surface area contributed by atoms with Gasteiger partial charge in [0.05, 0.1) is 12.8 Å². The van der Waals surface area contributed by atoms with Crippen molar-refractivity contribution < 1.29 is 29.0 Å². The second-order valence-electron chi connectivity index (χ2n) is 4.68. The number of hydrogen-bond donors (Lipinski definition) is 1. The molecule has 0 aromatic heterocycles. The zero-order valence-electron chi connectivity index (χ0n) is 9.47. The van der Waals surface area contributed by atoms with Crippen LogP contribution in [0, 0.1) is 5.92 Å². The molecule has 1 aliphatic carbocycles. The van der Waals surface area contributed by atoms with Crippen LogP contribution in [0.15, 0.2) is 0 Å². The highest BCUT2D eigenvalue weighted by Gasteiger charge is 2.57. The maximum atomic E-state index is 11.2. The van der Waals surface area contributed by atoms with E-state index in [1.807, 2.05) is 0 Å². The number of esters is 2. The fraction of sp³-hybridized carbons (Fsp3) is 0.727. The van der Waals surface area contributed by atoms with E-state index in [1.54, 1.807) is 0 Å². The molecule has 94 valence electrons. The van der Waals surface area contributed by atoms with Crippen molar-refractivity contribution in [3.05, 3.63) is 0 Å². The molecule has 2 fully saturated rings. The van der Waals surface area contributed by atoms with Crippen molar-refractivity contribution in [3.8, 4) is 0 Å². The SMILES string of the molecule is CC(=O)O[C@@H]1C[C@@H]2CC(=O)O[C@]2(CC(=O)O)C1. The van der Waals surface area contributed by atoms with Gasteiger partial charge in [-0.3, -0.25) is 14.4 Å². The van der Waals surface area contributed by atoms with Gasteiger partial charge in [0.2, 0.25) is 0 Å². The van der Waals surface area contributed by atoms with Crippen LogP contribution in [-0.2, 0) is 23.9 Å². The maximum Gasteiger partial charge on any atom is 0.307 e. The smallest absolute Gasteiger partial charge is 0.307 e. The molecule has 6 heteroatoms. The van der Waals surface area contributed by atoms with Crippen molar-refractivity contribution in [2.24, 2.45) is 5.92 Å². The fourth-order valence-corrected chi connectivity index (χ4v) is 2.86. The molecule has 2 aliphatic rings. The van der Waals surface area contributed by atoms with Crippen LogP contribution >= 0.6 is 0 Å². The van der Waals surface area contributed by atoms with Crippen molar-refractivity contribution in [1.82, 2.24) is 0 Å². The van der Waals surface area contributed by atoms with E-state index in [0.29, 0.717) is 6.42 Å². The number of aliphatic carboxylic acids is 1. The highest BCUT2D eigenvalue weighted by Crippen LogP contribution is 2.48. The summed E-state index contributed by atoms with van der Waals surface area (Å²) in [7, 11) is 0. The van der Waals surface area contributed by atoms with Gasteiger partial charge in [0.25, 0.3) is 0 Å².